The molecule has 0 heterocycles. The third-order valence-corrected chi connectivity index (χ3v) is 2.11. The van der Waals surface area contributed by atoms with E-state index in [1.54, 1.807) is 6.21 Å². The molecule has 0 saturated heterocycles. The van der Waals surface area contributed by atoms with Gasteiger partial charge >= 0.3 is 0 Å². The molecule has 0 radical (unpaired) electrons. The summed E-state index contributed by atoms with van der Waals surface area (Å²) in [4.78, 5) is 0. The minimum absolute atomic E-state index is 0. The van der Waals surface area contributed by atoms with Crippen molar-refractivity contribution < 1.29 is 0 Å². The molecule has 3 nitrogen and oxygen atoms in total. The summed E-state index contributed by atoms with van der Waals surface area (Å²) in [5.41, 5.74) is 6.57. The van der Waals surface area contributed by atoms with Crippen LogP contribution in [0, 0.1) is 0 Å². The third kappa shape index (κ3) is 6.62. The van der Waals surface area contributed by atoms with Crippen molar-refractivity contribution in [3.05, 3.63) is 42.0 Å². The Bertz CT molecular complexity index is 374. The lowest BCUT2D eigenvalue weighted by molar-refractivity contribution is 1.25. The number of rotatable bonds is 3. The van der Waals surface area contributed by atoms with Crippen LogP contribution < -0.4 is 5.73 Å². The van der Waals surface area contributed by atoms with Crippen LogP contribution in [0.1, 0.15) is 5.56 Å². The molecule has 2 N–H and O–H groups in total. The van der Waals surface area contributed by atoms with Crippen molar-refractivity contribution in [2.24, 2.45) is 15.9 Å². The van der Waals surface area contributed by atoms with Crippen LogP contribution >= 0.6 is 35.7 Å². The van der Waals surface area contributed by atoms with Crippen molar-refractivity contribution in [3.8, 4) is 0 Å². The van der Waals surface area contributed by atoms with Crippen LogP contribution in [0.2, 0.25) is 0 Å². The van der Waals surface area contributed by atoms with E-state index in [4.69, 9.17) is 5.73 Å². The van der Waals surface area contributed by atoms with Crippen LogP contribution in [0.5, 0.6) is 0 Å². The van der Waals surface area contributed by atoms with Gasteiger partial charge in [-0.3, -0.25) is 0 Å². The first-order valence-electron chi connectivity index (χ1n) is 4.45. The maximum Gasteiger partial charge on any atom is 0.180 e. The second-order valence-electron chi connectivity index (χ2n) is 2.68. The lowest BCUT2D eigenvalue weighted by Crippen LogP contribution is -2.03. The SMILES string of the molecule is CS/C(N)=N\N=CC=Cc1ccccc1.I. The van der Waals surface area contributed by atoms with Crippen molar-refractivity contribution in [1.82, 2.24) is 0 Å². The molecule has 0 amide bonds. The van der Waals surface area contributed by atoms with Crippen molar-refractivity contribution in [3.63, 3.8) is 0 Å². The monoisotopic (exact) mass is 347 g/mol. The highest BCUT2D eigenvalue weighted by Crippen LogP contribution is 1.99. The fraction of sp³-hybridized carbons (Fsp3) is 0.0909. The predicted molar refractivity (Wildman–Crippen MR) is 84.5 cm³/mol. The molecule has 0 unspecified atom stereocenters. The van der Waals surface area contributed by atoms with Crippen LogP contribution in [0.25, 0.3) is 6.08 Å². The molecule has 0 spiro atoms. The number of hydrogen-bond donors (Lipinski definition) is 1. The first-order valence-corrected chi connectivity index (χ1v) is 5.67. The van der Waals surface area contributed by atoms with Crippen LogP contribution in [0.15, 0.2) is 46.6 Å². The summed E-state index contributed by atoms with van der Waals surface area (Å²) in [6, 6.07) is 9.99. The largest absolute Gasteiger partial charge is 0.377 e. The van der Waals surface area contributed by atoms with Crippen LogP contribution in [-0.4, -0.2) is 17.6 Å². The van der Waals surface area contributed by atoms with E-state index in [9.17, 15) is 0 Å². The fourth-order valence-electron chi connectivity index (χ4n) is 0.888. The van der Waals surface area contributed by atoms with Crippen molar-refractivity contribution >= 4 is 53.2 Å². The Morgan fingerprint density at radius 1 is 1.31 bits per heavy atom. The minimum atomic E-state index is 0. The van der Waals surface area contributed by atoms with Crippen molar-refractivity contribution in [1.29, 1.82) is 0 Å². The van der Waals surface area contributed by atoms with Gasteiger partial charge in [0.05, 0.1) is 0 Å². The predicted octanol–water partition coefficient (Wildman–Crippen LogP) is 2.98. The van der Waals surface area contributed by atoms with E-state index in [0.29, 0.717) is 5.17 Å². The number of nitrogens with zero attached hydrogens (tertiary/aromatic N) is 2. The number of nitrogens with two attached hydrogens (primary N) is 1. The Hall–Kier alpha value is -0.820. The van der Waals surface area contributed by atoms with E-state index in [1.165, 1.54) is 11.8 Å². The van der Waals surface area contributed by atoms with E-state index >= 15 is 0 Å². The van der Waals surface area contributed by atoms with E-state index in [-0.39, 0.29) is 24.0 Å². The molecular formula is C11H14IN3S. The number of halogens is 1. The highest BCUT2D eigenvalue weighted by atomic mass is 127. The number of hydrogen-bond acceptors (Lipinski definition) is 3. The minimum Gasteiger partial charge on any atom is -0.377 e. The molecule has 16 heavy (non-hydrogen) atoms. The van der Waals surface area contributed by atoms with E-state index in [2.05, 4.69) is 10.2 Å². The van der Waals surface area contributed by atoms with E-state index in [0.717, 1.165) is 5.56 Å². The molecule has 0 atom stereocenters. The molecule has 0 aromatic heterocycles. The zero-order valence-electron chi connectivity index (χ0n) is 8.91. The Kier molecular flexibility index (Phi) is 8.93. The average Bonchev–Trinajstić information content (AvgIpc) is 2.29. The molecule has 0 saturated carbocycles. The zero-order chi connectivity index (χ0) is 10.9. The summed E-state index contributed by atoms with van der Waals surface area (Å²) in [7, 11) is 0. The average molecular weight is 347 g/mol. The maximum atomic E-state index is 5.44. The van der Waals surface area contributed by atoms with Gasteiger partial charge in [-0.15, -0.1) is 29.1 Å². The smallest absolute Gasteiger partial charge is 0.180 e. The lowest BCUT2D eigenvalue weighted by atomic mass is 10.2. The van der Waals surface area contributed by atoms with Gasteiger partial charge in [-0.25, -0.2) is 0 Å². The summed E-state index contributed by atoms with van der Waals surface area (Å²) >= 11 is 1.37. The van der Waals surface area contributed by atoms with Gasteiger partial charge in [0, 0.05) is 6.21 Å². The molecule has 0 bridgehead atoms. The molecule has 1 aromatic carbocycles. The zero-order valence-corrected chi connectivity index (χ0v) is 12.1. The third-order valence-electron chi connectivity index (χ3n) is 1.61. The standard InChI is InChI=1S/C11H13N3S.HI/c1-15-11(12)14-13-9-5-8-10-6-3-2-4-7-10;/h2-9H,1H3,(H2,12,14);1H. The summed E-state index contributed by atoms with van der Waals surface area (Å²) in [5.74, 6) is 0. The summed E-state index contributed by atoms with van der Waals surface area (Å²) in [6.07, 6.45) is 7.24. The van der Waals surface area contributed by atoms with Crippen LogP contribution in [0.4, 0.5) is 0 Å². The molecule has 5 heteroatoms. The Balaban J connectivity index is 0.00000225. The van der Waals surface area contributed by atoms with Gasteiger partial charge in [-0.1, -0.05) is 48.2 Å². The molecule has 86 valence electrons. The van der Waals surface area contributed by atoms with Gasteiger partial charge in [-0.05, 0) is 17.9 Å². The van der Waals surface area contributed by atoms with Gasteiger partial charge in [0.15, 0.2) is 5.17 Å². The molecule has 1 aromatic rings. The Morgan fingerprint density at radius 2 is 2.00 bits per heavy atom. The number of benzene rings is 1. The number of thioether (sulfide) groups is 1. The number of amidine groups is 1. The Morgan fingerprint density at radius 3 is 2.62 bits per heavy atom. The van der Waals surface area contributed by atoms with Crippen molar-refractivity contribution in [2.75, 3.05) is 6.26 Å². The molecular weight excluding hydrogens is 333 g/mol. The molecule has 0 aliphatic heterocycles. The van der Waals surface area contributed by atoms with Gasteiger partial charge < -0.3 is 5.73 Å². The first-order chi connectivity index (χ1) is 7.33. The van der Waals surface area contributed by atoms with Crippen molar-refractivity contribution in [2.45, 2.75) is 0 Å². The van der Waals surface area contributed by atoms with Gasteiger partial charge in [0.1, 0.15) is 0 Å². The fourth-order valence-corrected chi connectivity index (χ4v) is 1.02. The van der Waals surface area contributed by atoms with E-state index in [1.807, 2.05) is 48.7 Å². The maximum absolute atomic E-state index is 5.44. The van der Waals surface area contributed by atoms with Gasteiger partial charge in [0.2, 0.25) is 0 Å². The molecule has 0 aliphatic carbocycles. The molecule has 1 rings (SSSR count). The Labute approximate surface area is 117 Å². The lowest BCUT2D eigenvalue weighted by Gasteiger charge is -1.88. The van der Waals surface area contributed by atoms with Crippen LogP contribution in [-0.2, 0) is 0 Å². The van der Waals surface area contributed by atoms with Gasteiger partial charge in [0.25, 0.3) is 0 Å². The molecule has 0 aliphatic rings. The topological polar surface area (TPSA) is 50.7 Å². The second-order valence-corrected chi connectivity index (χ2v) is 3.50. The summed E-state index contributed by atoms with van der Waals surface area (Å²) in [6.45, 7) is 0. The summed E-state index contributed by atoms with van der Waals surface area (Å²) in [5, 5.41) is 7.99. The second kappa shape index (κ2) is 9.41. The summed E-state index contributed by atoms with van der Waals surface area (Å²) < 4.78 is 0. The first kappa shape index (κ1) is 15.2. The van der Waals surface area contributed by atoms with E-state index < -0.39 is 0 Å². The molecule has 0 fully saturated rings. The quantitative estimate of drug-likeness (QED) is 0.396. The highest BCUT2D eigenvalue weighted by molar-refractivity contribution is 14.0. The van der Waals surface area contributed by atoms with Gasteiger partial charge in [-0.2, -0.15) is 5.10 Å². The van der Waals surface area contributed by atoms with Crippen LogP contribution in [0.3, 0.4) is 0 Å². The normalized spacial score (nSPS) is 11.9. The number of allylic oxidation sites excluding steroid dienone is 1. The highest BCUT2D eigenvalue weighted by Gasteiger charge is 1.82.